The van der Waals surface area contributed by atoms with Crippen LogP contribution in [0.5, 0.6) is 0 Å². The summed E-state index contributed by atoms with van der Waals surface area (Å²) in [6, 6.07) is 5.17. The fourth-order valence-electron chi connectivity index (χ4n) is 4.57. The van der Waals surface area contributed by atoms with Gasteiger partial charge in [0.1, 0.15) is 0 Å². The number of sulfonamides is 1. The first-order valence-electron chi connectivity index (χ1n) is 11.9. The monoisotopic (exact) mass is 492 g/mol. The summed E-state index contributed by atoms with van der Waals surface area (Å²) in [6.07, 6.45) is 4.06. The number of nitrogens with zero attached hydrogens (tertiary/aromatic N) is 1. The van der Waals surface area contributed by atoms with Crippen molar-refractivity contribution in [2.45, 2.75) is 76.5 Å². The lowest BCUT2D eigenvalue weighted by Gasteiger charge is -2.26. The Labute approximate surface area is 202 Å². The van der Waals surface area contributed by atoms with Gasteiger partial charge in [-0.15, -0.1) is 0 Å². The first-order valence-corrected chi connectivity index (χ1v) is 13.4. The Morgan fingerprint density at radius 1 is 1.12 bits per heavy atom. The Kier molecular flexibility index (Phi) is 8.59. The average molecular weight is 493 g/mol. The van der Waals surface area contributed by atoms with Gasteiger partial charge < -0.3 is 15.7 Å². The molecule has 1 aromatic rings. The van der Waals surface area contributed by atoms with Crippen LogP contribution in [-0.2, 0) is 16.4 Å². The number of benzene rings is 1. The highest BCUT2D eigenvalue weighted by atomic mass is 32.2. The van der Waals surface area contributed by atoms with Crippen LogP contribution in [0.4, 0.5) is 9.59 Å². The summed E-state index contributed by atoms with van der Waals surface area (Å²) in [7, 11) is -3.97. The van der Waals surface area contributed by atoms with Crippen molar-refractivity contribution in [1.82, 2.24) is 20.3 Å². The van der Waals surface area contributed by atoms with Crippen molar-refractivity contribution in [3.05, 3.63) is 41.0 Å². The van der Waals surface area contributed by atoms with Crippen LogP contribution < -0.4 is 15.4 Å². The summed E-state index contributed by atoms with van der Waals surface area (Å²) in [5, 5.41) is 15.8. The maximum absolute atomic E-state index is 12.5. The van der Waals surface area contributed by atoms with E-state index >= 15 is 0 Å². The van der Waals surface area contributed by atoms with Crippen molar-refractivity contribution in [3.63, 3.8) is 0 Å². The van der Waals surface area contributed by atoms with Gasteiger partial charge in [0.25, 0.3) is 10.0 Å². The van der Waals surface area contributed by atoms with Crippen molar-refractivity contribution in [2.75, 3.05) is 13.1 Å². The molecular weight excluding hydrogens is 456 g/mol. The summed E-state index contributed by atoms with van der Waals surface area (Å²) in [5.74, 6) is 0.638. The minimum atomic E-state index is -3.97. The smallest absolute Gasteiger partial charge is 0.328 e. The van der Waals surface area contributed by atoms with Gasteiger partial charge >= 0.3 is 12.1 Å². The Balaban J connectivity index is 1.46. The van der Waals surface area contributed by atoms with Gasteiger partial charge in [0.2, 0.25) is 0 Å². The lowest BCUT2D eigenvalue weighted by Crippen LogP contribution is -2.45. The van der Waals surface area contributed by atoms with Crippen molar-refractivity contribution in [2.24, 2.45) is 5.92 Å². The Hall–Kier alpha value is -2.59. The molecule has 0 saturated heterocycles. The highest BCUT2D eigenvalue weighted by Crippen LogP contribution is 2.25. The minimum Gasteiger partial charge on any atom is -0.369 e. The molecule has 1 aliphatic carbocycles. The predicted molar refractivity (Wildman–Crippen MR) is 130 cm³/mol. The Bertz CT molecular complexity index is 1010. The quantitative estimate of drug-likeness (QED) is 0.435. The van der Waals surface area contributed by atoms with Crippen LogP contribution in [-0.4, -0.2) is 55.8 Å². The molecular formula is C24H36N4O5S. The molecule has 0 radical (unpaired) electrons. The predicted octanol–water partition coefficient (Wildman–Crippen LogP) is 2.87. The molecule has 0 aromatic heterocycles. The number of aliphatic hydroxyl groups excluding tert-OH is 1. The largest absolute Gasteiger partial charge is 0.369 e. The van der Waals surface area contributed by atoms with E-state index in [-0.39, 0.29) is 17.0 Å². The highest BCUT2D eigenvalue weighted by Gasteiger charge is 2.31. The summed E-state index contributed by atoms with van der Waals surface area (Å²) in [5.41, 5.74) is 2.73. The second kappa shape index (κ2) is 11.2. The van der Waals surface area contributed by atoms with E-state index in [1.165, 1.54) is 17.0 Å². The summed E-state index contributed by atoms with van der Waals surface area (Å²) >= 11 is 0. The van der Waals surface area contributed by atoms with Crippen LogP contribution in [0.1, 0.15) is 58.4 Å². The molecule has 4 amide bonds. The maximum atomic E-state index is 12.5. The summed E-state index contributed by atoms with van der Waals surface area (Å²) in [4.78, 5) is 26.0. The van der Waals surface area contributed by atoms with Gasteiger partial charge in [0, 0.05) is 19.1 Å². The first-order chi connectivity index (χ1) is 16.1. The molecule has 2 aliphatic rings. The van der Waals surface area contributed by atoms with Gasteiger partial charge in [-0.25, -0.2) is 22.7 Å². The zero-order valence-electron chi connectivity index (χ0n) is 20.1. The number of nitrogens with one attached hydrogen (secondary N) is 3. The molecule has 1 fully saturated rings. The van der Waals surface area contributed by atoms with E-state index in [0.29, 0.717) is 31.8 Å². The second-order valence-electron chi connectivity index (χ2n) is 9.32. The van der Waals surface area contributed by atoms with E-state index in [2.05, 4.69) is 22.3 Å². The van der Waals surface area contributed by atoms with Crippen LogP contribution in [0.15, 0.2) is 40.3 Å². The molecule has 0 bridgehead atoms. The fourth-order valence-corrected chi connectivity index (χ4v) is 5.49. The molecule has 1 aromatic carbocycles. The molecule has 1 atom stereocenters. The van der Waals surface area contributed by atoms with Gasteiger partial charge in [-0.05, 0) is 74.6 Å². The molecule has 0 spiro atoms. The molecule has 188 valence electrons. The molecule has 1 heterocycles. The average Bonchev–Trinajstić information content (AvgIpc) is 3.08. The minimum absolute atomic E-state index is 0.00100. The van der Waals surface area contributed by atoms with Crippen LogP contribution in [0, 0.1) is 5.92 Å². The van der Waals surface area contributed by atoms with Gasteiger partial charge in [-0.1, -0.05) is 31.6 Å². The molecule has 1 saturated carbocycles. The van der Waals surface area contributed by atoms with Gasteiger partial charge in [0.05, 0.1) is 4.90 Å². The number of carbonyl (C=O) groups excluding carboxylic acids is 2. The molecule has 3 rings (SSSR count). The van der Waals surface area contributed by atoms with E-state index in [1.807, 2.05) is 13.8 Å². The SMILES string of the molecule is CCC1=C(C)CN(C(=O)NCCc2ccc(S(=O)(=O)NC(=O)NC3CCC(C)CC3)cc2)C1O. The van der Waals surface area contributed by atoms with E-state index in [9.17, 15) is 23.1 Å². The number of aliphatic hydroxyl groups is 1. The third-order valence-corrected chi connectivity index (χ3v) is 8.05. The Morgan fingerprint density at radius 3 is 2.35 bits per heavy atom. The molecule has 34 heavy (non-hydrogen) atoms. The zero-order valence-corrected chi connectivity index (χ0v) is 21.0. The number of carbonyl (C=O) groups is 2. The van der Waals surface area contributed by atoms with Gasteiger partial charge in [0.15, 0.2) is 6.23 Å². The highest BCUT2D eigenvalue weighted by molar-refractivity contribution is 7.90. The van der Waals surface area contributed by atoms with Crippen molar-refractivity contribution in [3.8, 4) is 0 Å². The van der Waals surface area contributed by atoms with Crippen LogP contribution >= 0.6 is 0 Å². The van der Waals surface area contributed by atoms with E-state index in [4.69, 9.17) is 0 Å². The first kappa shape index (κ1) is 26.0. The second-order valence-corrected chi connectivity index (χ2v) is 11.0. The number of rotatable bonds is 7. The maximum Gasteiger partial charge on any atom is 0.328 e. The molecule has 1 unspecified atom stereocenters. The van der Waals surface area contributed by atoms with E-state index < -0.39 is 22.3 Å². The van der Waals surface area contributed by atoms with Crippen molar-refractivity contribution >= 4 is 22.1 Å². The standard InChI is InChI=1S/C24H36N4O5S/c1-4-21-17(3)15-28(22(21)29)24(31)25-14-13-18-7-11-20(12-8-18)34(32,33)27-23(30)26-19-9-5-16(2)6-10-19/h7-8,11-12,16,19,22,29H,4-6,9-10,13-15H2,1-3H3,(H,25,31)(H2,26,27,30). The number of amides is 4. The van der Waals surface area contributed by atoms with E-state index in [1.54, 1.807) is 12.1 Å². The lowest BCUT2D eigenvalue weighted by molar-refractivity contribution is 0.0758. The molecule has 1 aliphatic heterocycles. The van der Waals surface area contributed by atoms with Crippen molar-refractivity contribution < 1.29 is 23.1 Å². The molecule has 4 N–H and O–H groups in total. The van der Waals surface area contributed by atoms with Crippen LogP contribution in [0.2, 0.25) is 0 Å². The van der Waals surface area contributed by atoms with Crippen LogP contribution in [0.25, 0.3) is 0 Å². The van der Waals surface area contributed by atoms with Crippen molar-refractivity contribution in [1.29, 1.82) is 0 Å². The number of hydrogen-bond acceptors (Lipinski definition) is 5. The lowest BCUT2D eigenvalue weighted by atomic mass is 9.87. The molecule has 10 heteroatoms. The van der Waals surface area contributed by atoms with Gasteiger partial charge in [-0.3, -0.25) is 4.90 Å². The molecule has 9 nitrogen and oxygen atoms in total. The normalized spacial score (nSPS) is 23.1. The van der Waals surface area contributed by atoms with E-state index in [0.717, 1.165) is 42.4 Å². The number of urea groups is 2. The third kappa shape index (κ3) is 6.50. The third-order valence-electron chi connectivity index (χ3n) is 6.71. The Morgan fingerprint density at radius 2 is 1.76 bits per heavy atom. The van der Waals surface area contributed by atoms with Crippen LogP contribution in [0.3, 0.4) is 0 Å². The van der Waals surface area contributed by atoms with Gasteiger partial charge in [-0.2, -0.15) is 0 Å². The fraction of sp³-hybridized carbons (Fsp3) is 0.583. The zero-order chi connectivity index (χ0) is 24.9. The summed E-state index contributed by atoms with van der Waals surface area (Å²) in [6.45, 7) is 6.79. The summed E-state index contributed by atoms with van der Waals surface area (Å²) < 4.78 is 27.2. The number of hydrogen-bond donors (Lipinski definition) is 4. The topological polar surface area (TPSA) is 128 Å².